The molecule has 2 aromatic carbocycles. The number of hydrogen-bond donors (Lipinski definition) is 1. The van der Waals surface area contributed by atoms with Crippen molar-refractivity contribution in [3.05, 3.63) is 65.5 Å². The lowest BCUT2D eigenvalue weighted by atomic mass is 10.2. The van der Waals surface area contributed by atoms with E-state index in [2.05, 4.69) is 21.9 Å². The Labute approximate surface area is 153 Å². The normalized spacial score (nSPS) is 10.5. The van der Waals surface area contributed by atoms with E-state index in [0.717, 1.165) is 17.7 Å². The van der Waals surface area contributed by atoms with Crippen LogP contribution in [0.1, 0.15) is 17.5 Å². The first-order valence-corrected chi connectivity index (χ1v) is 7.82. The summed E-state index contributed by atoms with van der Waals surface area (Å²) >= 11 is 0. The summed E-state index contributed by atoms with van der Waals surface area (Å²) in [6, 6.07) is 12.1. The topological polar surface area (TPSA) is 47.6 Å². The number of carbonyl (C=O) groups excluding carboxylic acids is 1. The van der Waals surface area contributed by atoms with Gasteiger partial charge in [-0.1, -0.05) is 42.2 Å². The summed E-state index contributed by atoms with van der Waals surface area (Å²) in [5.41, 5.74) is 1.04. The number of carbonyl (C=O) groups is 1. The highest BCUT2D eigenvalue weighted by atomic mass is 19.4. The lowest BCUT2D eigenvalue weighted by Crippen LogP contribution is -2.24. The Kier molecular flexibility index (Phi) is 7.06. The van der Waals surface area contributed by atoms with Crippen molar-refractivity contribution >= 4 is 6.09 Å². The molecule has 2 aromatic rings. The van der Waals surface area contributed by atoms with Gasteiger partial charge in [0.2, 0.25) is 0 Å². The number of halogens is 4. The first-order chi connectivity index (χ1) is 12.8. The van der Waals surface area contributed by atoms with Gasteiger partial charge < -0.3 is 14.8 Å². The number of benzene rings is 2. The summed E-state index contributed by atoms with van der Waals surface area (Å²) in [5.74, 6) is 3.18. The molecule has 0 aliphatic heterocycles. The second-order valence-corrected chi connectivity index (χ2v) is 5.23. The Morgan fingerprint density at radius 3 is 2.52 bits per heavy atom. The van der Waals surface area contributed by atoms with Gasteiger partial charge in [0.15, 0.2) is 11.6 Å². The highest BCUT2D eigenvalue weighted by Gasteiger charge is 2.32. The van der Waals surface area contributed by atoms with Crippen LogP contribution in [0.4, 0.5) is 22.4 Å². The molecule has 0 saturated carbocycles. The zero-order valence-corrected chi connectivity index (χ0v) is 14.0. The molecule has 0 heterocycles. The number of ether oxygens (including phenoxy) is 2. The van der Waals surface area contributed by atoms with Crippen molar-refractivity contribution in [1.82, 2.24) is 5.32 Å². The van der Waals surface area contributed by atoms with Gasteiger partial charge in [-0.25, -0.2) is 9.18 Å². The van der Waals surface area contributed by atoms with Crippen molar-refractivity contribution in [2.24, 2.45) is 0 Å². The second kappa shape index (κ2) is 9.48. The smallest absolute Gasteiger partial charge is 0.445 e. The summed E-state index contributed by atoms with van der Waals surface area (Å²) in [6.07, 6.45) is -5.31. The molecule has 142 valence electrons. The first-order valence-electron chi connectivity index (χ1n) is 7.82. The lowest BCUT2D eigenvalue weighted by molar-refractivity contribution is -0.275. The van der Waals surface area contributed by atoms with Crippen LogP contribution in [0.15, 0.2) is 48.5 Å². The second-order valence-electron chi connectivity index (χ2n) is 5.23. The van der Waals surface area contributed by atoms with Gasteiger partial charge in [0.05, 0.1) is 0 Å². The van der Waals surface area contributed by atoms with E-state index in [1.165, 1.54) is 6.07 Å². The van der Waals surface area contributed by atoms with Crippen molar-refractivity contribution in [3.8, 4) is 17.6 Å². The Morgan fingerprint density at radius 1 is 1.11 bits per heavy atom. The molecule has 0 bridgehead atoms. The molecule has 0 atom stereocenters. The largest absolute Gasteiger partial charge is 0.573 e. The molecular weight excluding hydrogens is 366 g/mol. The lowest BCUT2D eigenvalue weighted by Gasteiger charge is -2.09. The molecule has 0 spiro atoms. The van der Waals surface area contributed by atoms with Crippen molar-refractivity contribution < 1.29 is 31.8 Å². The molecule has 8 heteroatoms. The maximum absolute atomic E-state index is 13.5. The number of hydrogen-bond acceptors (Lipinski definition) is 3. The van der Waals surface area contributed by atoms with Gasteiger partial charge >= 0.3 is 12.5 Å². The van der Waals surface area contributed by atoms with E-state index in [4.69, 9.17) is 4.74 Å². The molecule has 4 nitrogen and oxygen atoms in total. The maximum atomic E-state index is 13.5. The molecule has 0 saturated heterocycles. The van der Waals surface area contributed by atoms with E-state index < -0.39 is 24.0 Å². The van der Waals surface area contributed by atoms with E-state index in [9.17, 15) is 22.4 Å². The van der Waals surface area contributed by atoms with Crippen LogP contribution in [0, 0.1) is 17.7 Å². The summed E-state index contributed by atoms with van der Waals surface area (Å²) in [4.78, 5) is 11.5. The fourth-order valence-corrected chi connectivity index (χ4v) is 1.95. The summed E-state index contributed by atoms with van der Waals surface area (Å²) < 4.78 is 58.2. The van der Waals surface area contributed by atoms with Crippen molar-refractivity contribution in [3.63, 3.8) is 0 Å². The molecule has 0 aliphatic carbocycles. The van der Waals surface area contributed by atoms with E-state index in [-0.39, 0.29) is 25.1 Å². The SMILES string of the molecule is O=C(NCCC#Cc1ccc(OC(F)(F)F)c(F)c1)OCc1ccccc1. The molecule has 27 heavy (non-hydrogen) atoms. The van der Waals surface area contributed by atoms with Crippen LogP contribution < -0.4 is 10.1 Å². The monoisotopic (exact) mass is 381 g/mol. The maximum Gasteiger partial charge on any atom is 0.573 e. The number of amides is 1. The fraction of sp³-hybridized carbons (Fsp3) is 0.211. The zero-order chi connectivity index (χ0) is 19.7. The van der Waals surface area contributed by atoms with Gasteiger partial charge in [0, 0.05) is 18.5 Å². The molecule has 0 fully saturated rings. The molecule has 1 amide bonds. The molecule has 0 aromatic heterocycles. The van der Waals surface area contributed by atoms with Gasteiger partial charge in [0.1, 0.15) is 6.61 Å². The average Bonchev–Trinajstić information content (AvgIpc) is 2.62. The third-order valence-electron chi connectivity index (χ3n) is 3.12. The van der Waals surface area contributed by atoms with Crippen molar-refractivity contribution in [1.29, 1.82) is 0 Å². The number of nitrogens with one attached hydrogen (secondary N) is 1. The van der Waals surface area contributed by atoms with Gasteiger partial charge in [-0.15, -0.1) is 13.2 Å². The minimum Gasteiger partial charge on any atom is -0.445 e. The minimum absolute atomic E-state index is 0.143. The Morgan fingerprint density at radius 2 is 1.85 bits per heavy atom. The number of alkyl halides is 3. The summed E-state index contributed by atoms with van der Waals surface area (Å²) in [5, 5.41) is 2.50. The highest BCUT2D eigenvalue weighted by molar-refractivity contribution is 5.67. The third kappa shape index (κ3) is 7.69. The van der Waals surface area contributed by atoms with E-state index in [1.807, 2.05) is 30.3 Å². The molecular formula is C19H15F4NO3. The van der Waals surface area contributed by atoms with E-state index >= 15 is 0 Å². The molecule has 2 rings (SSSR count). The molecule has 0 radical (unpaired) electrons. The van der Waals surface area contributed by atoms with Gasteiger partial charge in [0.25, 0.3) is 0 Å². The van der Waals surface area contributed by atoms with Crippen LogP contribution in [0.3, 0.4) is 0 Å². The van der Waals surface area contributed by atoms with E-state index in [0.29, 0.717) is 0 Å². The van der Waals surface area contributed by atoms with Crippen LogP contribution in [0.25, 0.3) is 0 Å². The van der Waals surface area contributed by atoms with Crippen LogP contribution >= 0.6 is 0 Å². The van der Waals surface area contributed by atoms with E-state index in [1.54, 1.807) is 0 Å². The van der Waals surface area contributed by atoms with Crippen LogP contribution in [-0.2, 0) is 11.3 Å². The summed E-state index contributed by atoms with van der Waals surface area (Å²) in [7, 11) is 0. The Balaban J connectivity index is 1.73. The quantitative estimate of drug-likeness (QED) is 0.475. The predicted octanol–water partition coefficient (Wildman–Crippen LogP) is 4.39. The van der Waals surface area contributed by atoms with Crippen molar-refractivity contribution in [2.45, 2.75) is 19.4 Å². The van der Waals surface area contributed by atoms with Crippen LogP contribution in [0.5, 0.6) is 5.75 Å². The zero-order valence-electron chi connectivity index (χ0n) is 14.0. The number of alkyl carbamates (subject to hydrolysis) is 1. The third-order valence-corrected chi connectivity index (χ3v) is 3.12. The predicted molar refractivity (Wildman–Crippen MR) is 89.2 cm³/mol. The van der Waals surface area contributed by atoms with Gasteiger partial charge in [-0.2, -0.15) is 0 Å². The van der Waals surface area contributed by atoms with Crippen LogP contribution in [-0.4, -0.2) is 19.0 Å². The first kappa shape index (κ1) is 20.1. The minimum atomic E-state index is -4.96. The number of rotatable bonds is 5. The Bertz CT molecular complexity index is 826. The van der Waals surface area contributed by atoms with Crippen molar-refractivity contribution in [2.75, 3.05) is 6.54 Å². The fourth-order valence-electron chi connectivity index (χ4n) is 1.95. The molecule has 1 N–H and O–H groups in total. The Hall–Kier alpha value is -3.21. The summed E-state index contributed by atoms with van der Waals surface area (Å²) in [6.45, 7) is 0.350. The van der Waals surface area contributed by atoms with Crippen LogP contribution in [0.2, 0.25) is 0 Å². The molecule has 0 unspecified atom stereocenters. The highest BCUT2D eigenvalue weighted by Crippen LogP contribution is 2.25. The van der Waals surface area contributed by atoms with Gasteiger partial charge in [-0.3, -0.25) is 0 Å². The van der Waals surface area contributed by atoms with Gasteiger partial charge in [-0.05, 0) is 23.8 Å². The average molecular weight is 381 g/mol. The molecule has 0 aliphatic rings. The standard InChI is InChI=1S/C19H15F4NO3/c20-16-12-14(9-10-17(16)27-19(21,22)23)6-4-5-11-24-18(25)26-13-15-7-2-1-3-8-15/h1-3,7-10,12H,5,11,13H2,(H,24,25).